The van der Waals surface area contributed by atoms with Gasteiger partial charge in [-0.15, -0.1) is 11.3 Å². The van der Waals surface area contributed by atoms with Gasteiger partial charge in [-0.3, -0.25) is 9.89 Å². The van der Waals surface area contributed by atoms with E-state index in [-0.39, 0.29) is 0 Å². The summed E-state index contributed by atoms with van der Waals surface area (Å²) in [5, 5.41) is 8.04. The van der Waals surface area contributed by atoms with Crippen LogP contribution in [-0.2, 0) is 17.6 Å². The smallest absolute Gasteiger partial charge is 0.191 e. The van der Waals surface area contributed by atoms with Gasteiger partial charge in [-0.05, 0) is 26.0 Å². The minimum absolute atomic E-state index is 0.769. The lowest BCUT2D eigenvalue weighted by Crippen LogP contribution is -2.41. The molecule has 0 amide bonds. The number of hydrogen-bond donors (Lipinski definition) is 2. The van der Waals surface area contributed by atoms with Crippen molar-refractivity contribution in [2.45, 2.75) is 26.7 Å². The molecule has 2 N–H and O–H groups in total. The SMILES string of the molecule is Cc1nc(CCNC(=NCCN2CCOCC2)NCCc2ccco2)sc1C. The molecule has 1 aliphatic rings. The number of aryl methyl sites for hydroxylation is 2. The number of nitrogens with one attached hydrogen (secondary N) is 2. The largest absolute Gasteiger partial charge is 0.469 e. The van der Waals surface area contributed by atoms with E-state index in [1.165, 1.54) is 9.88 Å². The summed E-state index contributed by atoms with van der Waals surface area (Å²) < 4.78 is 10.8. The highest BCUT2D eigenvalue weighted by Crippen LogP contribution is 2.16. The molecule has 2 aromatic heterocycles. The Kier molecular flexibility index (Phi) is 8.32. The maximum absolute atomic E-state index is 5.40. The fraction of sp³-hybridized carbons (Fsp3) is 0.600. The first-order chi connectivity index (χ1) is 13.7. The molecular weight excluding hydrogens is 374 g/mol. The van der Waals surface area contributed by atoms with Gasteiger partial charge in [0.1, 0.15) is 5.76 Å². The number of guanidine groups is 1. The van der Waals surface area contributed by atoms with E-state index in [2.05, 4.69) is 34.4 Å². The molecule has 0 unspecified atom stereocenters. The Morgan fingerprint density at radius 1 is 1.21 bits per heavy atom. The van der Waals surface area contributed by atoms with Gasteiger partial charge in [-0.25, -0.2) is 4.98 Å². The van der Waals surface area contributed by atoms with Crippen molar-refractivity contribution in [2.75, 3.05) is 52.5 Å². The lowest BCUT2D eigenvalue weighted by molar-refractivity contribution is 0.0394. The number of nitrogens with zero attached hydrogens (tertiary/aromatic N) is 3. The minimum atomic E-state index is 0.769. The first-order valence-electron chi connectivity index (χ1n) is 9.98. The number of rotatable bonds is 9. The van der Waals surface area contributed by atoms with Crippen LogP contribution in [0, 0.1) is 13.8 Å². The number of ether oxygens (including phenoxy) is 1. The third kappa shape index (κ3) is 6.92. The summed E-state index contributed by atoms with van der Waals surface area (Å²) in [6.45, 7) is 11.1. The zero-order valence-corrected chi connectivity index (χ0v) is 17.7. The molecular formula is C20H31N5O2S. The zero-order valence-electron chi connectivity index (χ0n) is 16.9. The second kappa shape index (κ2) is 11.2. The lowest BCUT2D eigenvalue weighted by atomic mass is 10.3. The van der Waals surface area contributed by atoms with Crippen molar-refractivity contribution in [1.29, 1.82) is 0 Å². The highest BCUT2D eigenvalue weighted by Gasteiger charge is 2.09. The third-order valence-electron chi connectivity index (χ3n) is 4.74. The highest BCUT2D eigenvalue weighted by molar-refractivity contribution is 7.11. The number of morpholine rings is 1. The highest BCUT2D eigenvalue weighted by atomic mass is 32.1. The van der Waals surface area contributed by atoms with Gasteiger partial charge < -0.3 is 19.8 Å². The number of aromatic nitrogens is 1. The van der Waals surface area contributed by atoms with Crippen molar-refractivity contribution in [1.82, 2.24) is 20.5 Å². The van der Waals surface area contributed by atoms with Gasteiger partial charge in [0.05, 0.1) is 36.7 Å². The predicted molar refractivity (Wildman–Crippen MR) is 113 cm³/mol. The van der Waals surface area contributed by atoms with Crippen LogP contribution >= 0.6 is 11.3 Å². The van der Waals surface area contributed by atoms with Crippen molar-refractivity contribution in [2.24, 2.45) is 4.99 Å². The fourth-order valence-electron chi connectivity index (χ4n) is 3.00. The van der Waals surface area contributed by atoms with Crippen LogP contribution in [0.15, 0.2) is 27.8 Å². The molecule has 1 saturated heterocycles. The van der Waals surface area contributed by atoms with Crippen LogP contribution < -0.4 is 10.6 Å². The Bertz CT molecular complexity index is 704. The first-order valence-corrected chi connectivity index (χ1v) is 10.8. The predicted octanol–water partition coefficient (Wildman–Crippen LogP) is 2.01. The van der Waals surface area contributed by atoms with Crippen molar-refractivity contribution in [3.8, 4) is 0 Å². The molecule has 28 heavy (non-hydrogen) atoms. The quantitative estimate of drug-likeness (QED) is 0.491. The van der Waals surface area contributed by atoms with E-state index >= 15 is 0 Å². The zero-order chi connectivity index (χ0) is 19.6. The Morgan fingerprint density at radius 3 is 2.68 bits per heavy atom. The summed E-state index contributed by atoms with van der Waals surface area (Å²) in [5.74, 6) is 1.83. The molecule has 7 nitrogen and oxygen atoms in total. The molecule has 0 saturated carbocycles. The number of hydrogen-bond acceptors (Lipinski definition) is 6. The molecule has 0 radical (unpaired) electrons. The Hall–Kier alpha value is -1.90. The van der Waals surface area contributed by atoms with E-state index in [1.54, 1.807) is 17.6 Å². The van der Waals surface area contributed by atoms with Crippen LogP contribution in [0.5, 0.6) is 0 Å². The fourth-order valence-corrected chi connectivity index (χ4v) is 3.93. The van der Waals surface area contributed by atoms with Gasteiger partial charge in [0, 0.05) is 50.4 Å². The van der Waals surface area contributed by atoms with Gasteiger partial charge in [-0.2, -0.15) is 0 Å². The average molecular weight is 406 g/mol. The standard InChI is InChI=1S/C20H31N5O2S/c1-16-17(2)28-19(24-16)6-8-22-20(21-7-5-18-4-3-13-27-18)23-9-10-25-11-14-26-15-12-25/h3-4,13H,5-12,14-15H2,1-2H3,(H2,21,22,23). The van der Waals surface area contributed by atoms with Gasteiger partial charge in [0.25, 0.3) is 0 Å². The van der Waals surface area contributed by atoms with Crippen molar-refractivity contribution in [3.63, 3.8) is 0 Å². The molecule has 2 aromatic rings. The van der Waals surface area contributed by atoms with Crippen molar-refractivity contribution >= 4 is 17.3 Å². The average Bonchev–Trinajstić information content (AvgIpc) is 3.32. The van der Waals surface area contributed by atoms with Crippen molar-refractivity contribution in [3.05, 3.63) is 39.7 Å². The van der Waals surface area contributed by atoms with Crippen LogP contribution in [0.4, 0.5) is 0 Å². The summed E-state index contributed by atoms with van der Waals surface area (Å²) >= 11 is 1.78. The Balaban J connectivity index is 1.46. The maximum Gasteiger partial charge on any atom is 0.191 e. The van der Waals surface area contributed by atoms with Gasteiger partial charge >= 0.3 is 0 Å². The number of aliphatic imine (C=N–C) groups is 1. The van der Waals surface area contributed by atoms with Gasteiger partial charge in [0.2, 0.25) is 0 Å². The van der Waals surface area contributed by atoms with Crippen LogP contribution in [0.2, 0.25) is 0 Å². The third-order valence-corrected chi connectivity index (χ3v) is 5.87. The normalized spacial score (nSPS) is 15.7. The summed E-state index contributed by atoms with van der Waals surface area (Å²) in [7, 11) is 0. The summed E-state index contributed by atoms with van der Waals surface area (Å²) in [6, 6.07) is 3.92. The van der Waals surface area contributed by atoms with E-state index < -0.39 is 0 Å². The molecule has 0 atom stereocenters. The van der Waals surface area contributed by atoms with Crippen LogP contribution in [0.1, 0.15) is 21.3 Å². The first kappa shape index (κ1) is 20.8. The summed E-state index contributed by atoms with van der Waals surface area (Å²) in [6.07, 6.45) is 3.45. The molecule has 1 fully saturated rings. The topological polar surface area (TPSA) is 74.9 Å². The molecule has 0 spiro atoms. The van der Waals surface area contributed by atoms with E-state index in [0.717, 1.165) is 82.7 Å². The van der Waals surface area contributed by atoms with E-state index in [9.17, 15) is 0 Å². The van der Waals surface area contributed by atoms with Crippen LogP contribution in [0.25, 0.3) is 0 Å². The maximum atomic E-state index is 5.40. The molecule has 8 heteroatoms. The molecule has 1 aliphatic heterocycles. The Morgan fingerprint density at radius 2 is 2.00 bits per heavy atom. The van der Waals surface area contributed by atoms with Crippen molar-refractivity contribution < 1.29 is 9.15 Å². The lowest BCUT2D eigenvalue weighted by Gasteiger charge is -2.25. The molecule has 0 bridgehead atoms. The van der Waals surface area contributed by atoms with E-state index in [0.29, 0.717) is 0 Å². The van der Waals surface area contributed by atoms with E-state index in [4.69, 9.17) is 14.1 Å². The van der Waals surface area contributed by atoms with Gasteiger partial charge in [0.15, 0.2) is 5.96 Å². The molecule has 0 aliphatic carbocycles. The van der Waals surface area contributed by atoms with Crippen LogP contribution in [0.3, 0.4) is 0 Å². The van der Waals surface area contributed by atoms with Crippen LogP contribution in [-0.4, -0.2) is 68.3 Å². The molecule has 3 heterocycles. The minimum Gasteiger partial charge on any atom is -0.469 e. The summed E-state index contributed by atoms with van der Waals surface area (Å²) in [4.78, 5) is 13.1. The molecule has 3 rings (SSSR count). The Labute approximate surface area is 171 Å². The monoisotopic (exact) mass is 405 g/mol. The summed E-state index contributed by atoms with van der Waals surface area (Å²) in [5.41, 5.74) is 1.14. The van der Waals surface area contributed by atoms with E-state index in [1.807, 2.05) is 12.1 Å². The van der Waals surface area contributed by atoms with Gasteiger partial charge in [-0.1, -0.05) is 0 Å². The molecule has 0 aromatic carbocycles. The second-order valence-corrected chi connectivity index (χ2v) is 8.15. The number of furan rings is 1. The number of thiazole rings is 1. The molecule has 154 valence electrons. The second-order valence-electron chi connectivity index (χ2n) is 6.87.